The third-order valence-corrected chi connectivity index (χ3v) is 4.02. The van der Waals surface area contributed by atoms with Crippen LogP contribution in [0.3, 0.4) is 0 Å². The monoisotopic (exact) mass is 327 g/mol. The maximum absolute atomic E-state index is 12.8. The van der Waals surface area contributed by atoms with Gasteiger partial charge in [0.15, 0.2) is 0 Å². The van der Waals surface area contributed by atoms with E-state index in [0.29, 0.717) is 32.4 Å². The lowest BCUT2D eigenvalue weighted by molar-refractivity contribution is -0.150. The number of hydrogen-bond donors (Lipinski definition) is 3. The standard InChI is InChI=1S/C15H25N3O5/c1-15(2,3)23-14(22)17-10-6-7-16-8-9-4-5-11(13(20)21)18(9)12(10)19/h9-11,16H,4-8H2,1-3H3,(H,17,22)(H,20,21)/t9-,10+,11+/m1/s1. The number of ether oxygens (including phenoxy) is 1. The van der Waals surface area contributed by atoms with E-state index in [0.717, 1.165) is 0 Å². The van der Waals surface area contributed by atoms with Crippen LogP contribution in [0, 0.1) is 0 Å². The zero-order valence-electron chi connectivity index (χ0n) is 13.8. The first-order valence-corrected chi connectivity index (χ1v) is 7.94. The van der Waals surface area contributed by atoms with Crippen LogP contribution in [0.4, 0.5) is 4.79 Å². The Hall–Kier alpha value is -1.83. The van der Waals surface area contributed by atoms with Gasteiger partial charge in [0.2, 0.25) is 5.91 Å². The number of alkyl carbamates (subject to hydrolysis) is 1. The largest absolute Gasteiger partial charge is 0.480 e. The molecular formula is C15H25N3O5. The van der Waals surface area contributed by atoms with Gasteiger partial charge in [-0.2, -0.15) is 0 Å². The lowest BCUT2D eigenvalue weighted by Crippen LogP contribution is -2.58. The van der Waals surface area contributed by atoms with Gasteiger partial charge in [-0.15, -0.1) is 0 Å². The molecule has 8 nitrogen and oxygen atoms in total. The van der Waals surface area contributed by atoms with E-state index in [9.17, 15) is 19.5 Å². The van der Waals surface area contributed by atoms with E-state index in [1.165, 1.54) is 4.90 Å². The molecule has 0 spiro atoms. The number of nitrogens with zero attached hydrogens (tertiary/aromatic N) is 1. The number of hydrogen-bond acceptors (Lipinski definition) is 5. The topological polar surface area (TPSA) is 108 Å². The number of carboxylic acid groups (broad SMARTS) is 1. The van der Waals surface area contributed by atoms with E-state index in [1.54, 1.807) is 20.8 Å². The average Bonchev–Trinajstić information content (AvgIpc) is 2.81. The minimum Gasteiger partial charge on any atom is -0.480 e. The van der Waals surface area contributed by atoms with Gasteiger partial charge in [0, 0.05) is 12.6 Å². The summed E-state index contributed by atoms with van der Waals surface area (Å²) < 4.78 is 5.19. The fraction of sp³-hybridized carbons (Fsp3) is 0.800. The fourth-order valence-electron chi connectivity index (χ4n) is 3.06. The number of amides is 2. The van der Waals surface area contributed by atoms with Crippen LogP contribution in [0.25, 0.3) is 0 Å². The molecule has 2 saturated heterocycles. The Morgan fingerprint density at radius 3 is 2.61 bits per heavy atom. The quantitative estimate of drug-likeness (QED) is 0.674. The van der Waals surface area contributed by atoms with E-state index in [4.69, 9.17) is 4.74 Å². The molecule has 2 amide bonds. The third kappa shape index (κ3) is 4.34. The number of rotatable bonds is 2. The van der Waals surface area contributed by atoms with E-state index in [2.05, 4.69) is 10.6 Å². The van der Waals surface area contributed by atoms with Gasteiger partial charge < -0.3 is 25.4 Å². The van der Waals surface area contributed by atoms with Crippen molar-refractivity contribution in [1.29, 1.82) is 0 Å². The summed E-state index contributed by atoms with van der Waals surface area (Å²) in [6.07, 6.45) is 0.814. The molecule has 0 aromatic heterocycles. The molecule has 0 aromatic rings. The summed E-state index contributed by atoms with van der Waals surface area (Å²) in [5.74, 6) is -1.34. The molecule has 2 heterocycles. The molecule has 0 saturated carbocycles. The molecule has 8 heteroatoms. The molecule has 0 unspecified atom stereocenters. The second-order valence-electron chi connectivity index (χ2n) is 7.02. The first kappa shape index (κ1) is 17.5. The van der Waals surface area contributed by atoms with Crippen LogP contribution in [0.1, 0.15) is 40.0 Å². The summed E-state index contributed by atoms with van der Waals surface area (Å²) in [5.41, 5.74) is -0.660. The molecular weight excluding hydrogens is 302 g/mol. The highest BCUT2D eigenvalue weighted by molar-refractivity contribution is 5.90. The van der Waals surface area contributed by atoms with Gasteiger partial charge in [-0.3, -0.25) is 4.79 Å². The highest BCUT2D eigenvalue weighted by atomic mass is 16.6. The predicted octanol–water partition coefficient (Wildman–Crippen LogP) is 0.317. The maximum Gasteiger partial charge on any atom is 0.408 e. The zero-order chi connectivity index (χ0) is 17.2. The van der Waals surface area contributed by atoms with Crippen LogP contribution in [0.5, 0.6) is 0 Å². The summed E-state index contributed by atoms with van der Waals surface area (Å²) in [7, 11) is 0. The van der Waals surface area contributed by atoms with Crippen molar-refractivity contribution in [3.63, 3.8) is 0 Å². The minimum absolute atomic E-state index is 0.146. The number of carbonyl (C=O) groups is 3. The van der Waals surface area contributed by atoms with Gasteiger partial charge in [0.1, 0.15) is 17.7 Å². The smallest absolute Gasteiger partial charge is 0.408 e. The van der Waals surface area contributed by atoms with Crippen molar-refractivity contribution in [3.8, 4) is 0 Å². The van der Waals surface area contributed by atoms with Crippen molar-refractivity contribution in [2.45, 2.75) is 63.8 Å². The van der Waals surface area contributed by atoms with Crippen molar-refractivity contribution in [1.82, 2.24) is 15.5 Å². The average molecular weight is 327 g/mol. The first-order valence-electron chi connectivity index (χ1n) is 7.94. The van der Waals surface area contributed by atoms with Crippen LogP contribution in [0.15, 0.2) is 0 Å². The van der Waals surface area contributed by atoms with Crippen LogP contribution in [-0.4, -0.2) is 64.8 Å². The Bertz CT molecular complexity index is 488. The number of fused-ring (bicyclic) bond motifs is 1. The maximum atomic E-state index is 12.8. The van der Waals surface area contributed by atoms with Gasteiger partial charge in [-0.1, -0.05) is 0 Å². The first-order chi connectivity index (χ1) is 10.7. The van der Waals surface area contributed by atoms with E-state index in [-0.39, 0.29) is 11.9 Å². The Labute approximate surface area is 135 Å². The summed E-state index contributed by atoms with van der Waals surface area (Å²) in [6.45, 7) is 6.38. The Balaban J connectivity index is 2.11. The lowest BCUT2D eigenvalue weighted by Gasteiger charge is -2.34. The number of carbonyl (C=O) groups excluding carboxylic acids is 2. The van der Waals surface area contributed by atoms with E-state index < -0.39 is 29.7 Å². The Morgan fingerprint density at radius 2 is 2.00 bits per heavy atom. The van der Waals surface area contributed by atoms with Crippen LogP contribution in [-0.2, 0) is 14.3 Å². The molecule has 2 fully saturated rings. The molecule has 3 atom stereocenters. The molecule has 2 aliphatic rings. The molecule has 2 rings (SSSR count). The molecule has 130 valence electrons. The second kappa shape index (κ2) is 6.74. The van der Waals surface area contributed by atoms with Gasteiger partial charge >= 0.3 is 12.1 Å². The minimum atomic E-state index is -1.00. The normalized spacial score (nSPS) is 28.6. The second-order valence-corrected chi connectivity index (χ2v) is 7.02. The third-order valence-electron chi connectivity index (χ3n) is 4.02. The van der Waals surface area contributed by atoms with Crippen LogP contribution in [0.2, 0.25) is 0 Å². The highest BCUT2D eigenvalue weighted by Gasteiger charge is 2.44. The summed E-state index contributed by atoms with van der Waals surface area (Å²) in [6, 6.07) is -1.75. The molecule has 0 bridgehead atoms. The van der Waals surface area contributed by atoms with E-state index >= 15 is 0 Å². The molecule has 3 N–H and O–H groups in total. The molecule has 2 aliphatic heterocycles. The summed E-state index contributed by atoms with van der Waals surface area (Å²) in [5, 5.41) is 15.1. The molecule has 0 aromatic carbocycles. The van der Waals surface area contributed by atoms with Crippen LogP contribution < -0.4 is 10.6 Å². The molecule has 23 heavy (non-hydrogen) atoms. The summed E-state index contributed by atoms with van der Waals surface area (Å²) >= 11 is 0. The van der Waals surface area contributed by atoms with Crippen molar-refractivity contribution >= 4 is 18.0 Å². The zero-order valence-corrected chi connectivity index (χ0v) is 13.8. The van der Waals surface area contributed by atoms with Gasteiger partial charge in [0.05, 0.1) is 0 Å². The fourth-order valence-corrected chi connectivity index (χ4v) is 3.06. The molecule has 0 aliphatic carbocycles. The van der Waals surface area contributed by atoms with Crippen LogP contribution >= 0.6 is 0 Å². The highest BCUT2D eigenvalue weighted by Crippen LogP contribution is 2.26. The van der Waals surface area contributed by atoms with E-state index in [1.807, 2.05) is 0 Å². The number of aliphatic carboxylic acids is 1. The Morgan fingerprint density at radius 1 is 1.30 bits per heavy atom. The number of carboxylic acids is 1. The lowest BCUT2D eigenvalue weighted by atomic mass is 10.1. The van der Waals surface area contributed by atoms with Crippen molar-refractivity contribution < 1.29 is 24.2 Å². The van der Waals surface area contributed by atoms with Gasteiger partial charge in [0.25, 0.3) is 0 Å². The molecule has 0 radical (unpaired) electrons. The van der Waals surface area contributed by atoms with Crippen molar-refractivity contribution in [2.24, 2.45) is 0 Å². The SMILES string of the molecule is CC(C)(C)OC(=O)N[C@H]1CCNC[C@H]2CC[C@@H](C(=O)O)N2C1=O. The van der Waals surface area contributed by atoms with Gasteiger partial charge in [-0.25, -0.2) is 9.59 Å². The van der Waals surface area contributed by atoms with Crippen molar-refractivity contribution in [2.75, 3.05) is 13.1 Å². The van der Waals surface area contributed by atoms with Gasteiger partial charge in [-0.05, 0) is 46.6 Å². The number of nitrogens with one attached hydrogen (secondary N) is 2. The Kier molecular flexibility index (Phi) is 5.13. The predicted molar refractivity (Wildman–Crippen MR) is 81.9 cm³/mol. The summed E-state index contributed by atoms with van der Waals surface area (Å²) in [4.78, 5) is 37.5. The van der Waals surface area contributed by atoms with Crippen molar-refractivity contribution in [3.05, 3.63) is 0 Å².